The maximum Gasteiger partial charge on any atom is 0.145 e. The first-order valence-electron chi connectivity index (χ1n) is 9.41. The van der Waals surface area contributed by atoms with E-state index >= 15 is 0 Å². The van der Waals surface area contributed by atoms with Gasteiger partial charge in [-0.3, -0.25) is 9.88 Å². The van der Waals surface area contributed by atoms with Gasteiger partial charge in [0.05, 0.1) is 19.4 Å². The molecule has 5 nitrogen and oxygen atoms in total. The van der Waals surface area contributed by atoms with Gasteiger partial charge in [-0.1, -0.05) is 11.8 Å². The second-order valence-electron chi connectivity index (χ2n) is 6.60. The molecule has 0 spiro atoms. The van der Waals surface area contributed by atoms with Crippen LogP contribution in [0.25, 0.3) is 0 Å². The van der Waals surface area contributed by atoms with Crippen molar-refractivity contribution < 1.29 is 9.47 Å². The van der Waals surface area contributed by atoms with Crippen molar-refractivity contribution in [1.82, 2.24) is 15.2 Å². The van der Waals surface area contributed by atoms with E-state index < -0.39 is 0 Å². The largest absolute Gasteiger partial charge is 0.455 e. The second-order valence-corrected chi connectivity index (χ2v) is 6.60. The van der Waals surface area contributed by atoms with Crippen LogP contribution in [0.5, 0.6) is 11.5 Å². The van der Waals surface area contributed by atoms with Gasteiger partial charge in [0, 0.05) is 49.4 Å². The van der Waals surface area contributed by atoms with Gasteiger partial charge >= 0.3 is 0 Å². The first-order valence-corrected chi connectivity index (χ1v) is 9.41. The van der Waals surface area contributed by atoms with Crippen LogP contribution in [-0.4, -0.2) is 49.8 Å². The van der Waals surface area contributed by atoms with E-state index in [9.17, 15) is 0 Å². The highest BCUT2D eigenvalue weighted by molar-refractivity contribution is 5.45. The van der Waals surface area contributed by atoms with Gasteiger partial charge in [-0.2, -0.15) is 0 Å². The van der Waals surface area contributed by atoms with Crippen molar-refractivity contribution in [1.29, 1.82) is 0 Å². The normalized spacial score (nSPS) is 14.4. The van der Waals surface area contributed by atoms with Gasteiger partial charge in [0.15, 0.2) is 0 Å². The molecule has 0 aliphatic carbocycles. The summed E-state index contributed by atoms with van der Waals surface area (Å²) < 4.78 is 11.4. The van der Waals surface area contributed by atoms with E-state index in [1.165, 1.54) is 0 Å². The standard InChI is InChI=1S/C22H27N3O2/c1-18-6-8-21(17-24-18)27-22-9-7-19(15-20(22)16-23-2)5-3-4-10-25-11-13-26-14-12-25/h6-9,15,17,23H,4,10-14,16H2,1-2H3. The maximum absolute atomic E-state index is 6.01. The number of nitrogens with zero attached hydrogens (tertiary/aromatic N) is 2. The second kappa shape index (κ2) is 10.1. The Morgan fingerprint density at radius 3 is 2.81 bits per heavy atom. The molecule has 0 bridgehead atoms. The van der Waals surface area contributed by atoms with E-state index in [1.807, 2.05) is 38.2 Å². The van der Waals surface area contributed by atoms with E-state index in [-0.39, 0.29) is 0 Å². The molecule has 27 heavy (non-hydrogen) atoms. The average Bonchev–Trinajstić information content (AvgIpc) is 2.70. The highest BCUT2D eigenvalue weighted by Crippen LogP contribution is 2.26. The number of hydrogen-bond acceptors (Lipinski definition) is 5. The third-order valence-corrected chi connectivity index (χ3v) is 4.43. The Labute approximate surface area is 161 Å². The Morgan fingerprint density at radius 1 is 1.22 bits per heavy atom. The smallest absolute Gasteiger partial charge is 0.145 e. The molecular weight excluding hydrogens is 338 g/mol. The van der Waals surface area contributed by atoms with Crippen LogP contribution in [0.1, 0.15) is 23.2 Å². The summed E-state index contributed by atoms with van der Waals surface area (Å²) in [6, 6.07) is 9.97. The Kier molecular flexibility index (Phi) is 7.23. The number of aromatic nitrogens is 1. The van der Waals surface area contributed by atoms with E-state index in [0.717, 1.165) is 74.1 Å². The van der Waals surface area contributed by atoms with Crippen LogP contribution in [0.2, 0.25) is 0 Å². The number of benzene rings is 1. The lowest BCUT2D eigenvalue weighted by molar-refractivity contribution is 0.0390. The Morgan fingerprint density at radius 2 is 2.07 bits per heavy atom. The lowest BCUT2D eigenvalue weighted by Gasteiger charge is -2.25. The molecule has 2 aromatic rings. The minimum absolute atomic E-state index is 0.720. The number of hydrogen-bond donors (Lipinski definition) is 1. The highest BCUT2D eigenvalue weighted by atomic mass is 16.5. The summed E-state index contributed by atoms with van der Waals surface area (Å²) >= 11 is 0. The van der Waals surface area contributed by atoms with Crippen LogP contribution in [-0.2, 0) is 11.3 Å². The van der Waals surface area contributed by atoms with Crippen LogP contribution in [0.4, 0.5) is 0 Å². The van der Waals surface area contributed by atoms with Gasteiger partial charge in [0.25, 0.3) is 0 Å². The maximum atomic E-state index is 6.01. The van der Waals surface area contributed by atoms with Crippen LogP contribution in [0.15, 0.2) is 36.5 Å². The zero-order chi connectivity index (χ0) is 18.9. The molecule has 1 saturated heterocycles. The molecule has 1 aromatic heterocycles. The van der Waals surface area contributed by atoms with Gasteiger partial charge < -0.3 is 14.8 Å². The molecule has 0 atom stereocenters. The van der Waals surface area contributed by atoms with E-state index in [2.05, 4.69) is 33.1 Å². The average molecular weight is 365 g/mol. The molecule has 0 amide bonds. The van der Waals surface area contributed by atoms with Gasteiger partial charge in [-0.25, -0.2) is 0 Å². The van der Waals surface area contributed by atoms with Gasteiger partial charge in [-0.15, -0.1) is 0 Å². The Bertz CT molecular complexity index is 787. The molecule has 1 N–H and O–H groups in total. The third-order valence-electron chi connectivity index (χ3n) is 4.43. The number of morpholine rings is 1. The molecule has 1 fully saturated rings. The van der Waals surface area contributed by atoms with E-state index in [0.29, 0.717) is 0 Å². The fourth-order valence-electron chi connectivity index (χ4n) is 2.93. The molecule has 1 aliphatic heterocycles. The van der Waals surface area contributed by atoms with Crippen molar-refractivity contribution in [2.45, 2.75) is 19.9 Å². The molecule has 2 heterocycles. The van der Waals surface area contributed by atoms with Crippen molar-refractivity contribution in [2.24, 2.45) is 0 Å². The third kappa shape index (κ3) is 6.07. The predicted molar refractivity (Wildman–Crippen MR) is 107 cm³/mol. The summed E-state index contributed by atoms with van der Waals surface area (Å²) in [6.45, 7) is 7.36. The molecular formula is C22H27N3O2. The molecule has 0 radical (unpaired) electrons. The highest BCUT2D eigenvalue weighted by Gasteiger charge is 2.09. The Hall–Kier alpha value is -2.39. The molecule has 0 saturated carbocycles. The minimum Gasteiger partial charge on any atom is -0.455 e. The molecule has 142 valence electrons. The number of ether oxygens (including phenoxy) is 2. The first kappa shape index (κ1) is 19.4. The fourth-order valence-corrected chi connectivity index (χ4v) is 2.93. The number of rotatable bonds is 6. The summed E-state index contributed by atoms with van der Waals surface area (Å²) in [5, 5.41) is 3.19. The summed E-state index contributed by atoms with van der Waals surface area (Å²) in [5.74, 6) is 8.13. The van der Waals surface area contributed by atoms with Crippen LogP contribution >= 0.6 is 0 Å². The first-order chi connectivity index (χ1) is 13.2. The summed E-state index contributed by atoms with van der Waals surface area (Å²) in [4.78, 5) is 6.68. The van der Waals surface area contributed by atoms with Crippen LogP contribution in [0.3, 0.4) is 0 Å². The Balaban J connectivity index is 1.64. The zero-order valence-electron chi connectivity index (χ0n) is 16.1. The number of nitrogens with one attached hydrogen (secondary N) is 1. The van der Waals surface area contributed by atoms with Crippen LogP contribution in [0, 0.1) is 18.8 Å². The summed E-state index contributed by atoms with van der Waals surface area (Å²) in [6.07, 6.45) is 2.62. The van der Waals surface area contributed by atoms with Crippen molar-refractivity contribution in [3.8, 4) is 23.3 Å². The van der Waals surface area contributed by atoms with Crippen molar-refractivity contribution >= 4 is 0 Å². The topological polar surface area (TPSA) is 46.6 Å². The summed E-state index contributed by atoms with van der Waals surface area (Å²) in [7, 11) is 1.93. The van der Waals surface area contributed by atoms with Gasteiger partial charge in [0.2, 0.25) is 0 Å². The van der Waals surface area contributed by atoms with Gasteiger partial charge in [-0.05, 0) is 44.3 Å². The minimum atomic E-state index is 0.720. The number of aryl methyl sites for hydroxylation is 1. The van der Waals surface area contributed by atoms with E-state index in [1.54, 1.807) is 6.20 Å². The van der Waals surface area contributed by atoms with E-state index in [4.69, 9.17) is 9.47 Å². The quantitative estimate of drug-likeness (QED) is 0.798. The monoisotopic (exact) mass is 365 g/mol. The number of pyridine rings is 1. The lowest BCUT2D eigenvalue weighted by Crippen LogP contribution is -2.36. The van der Waals surface area contributed by atoms with Crippen molar-refractivity contribution in [3.63, 3.8) is 0 Å². The van der Waals surface area contributed by atoms with Crippen LogP contribution < -0.4 is 10.1 Å². The zero-order valence-corrected chi connectivity index (χ0v) is 16.1. The van der Waals surface area contributed by atoms with Crippen molar-refractivity contribution in [2.75, 3.05) is 39.9 Å². The molecule has 3 rings (SSSR count). The lowest BCUT2D eigenvalue weighted by atomic mass is 10.1. The molecule has 1 aliphatic rings. The van der Waals surface area contributed by atoms with Crippen molar-refractivity contribution in [3.05, 3.63) is 53.3 Å². The molecule has 1 aromatic carbocycles. The molecule has 5 heteroatoms. The SMILES string of the molecule is CNCc1cc(C#CCCN2CCOCC2)ccc1Oc1ccc(C)nc1. The fraction of sp³-hybridized carbons (Fsp3) is 0.409. The predicted octanol–water partition coefficient (Wildman–Crippen LogP) is 2.98. The molecule has 0 unspecified atom stereocenters. The summed E-state index contributed by atoms with van der Waals surface area (Å²) in [5.41, 5.74) is 3.06. The van der Waals surface area contributed by atoms with Gasteiger partial charge in [0.1, 0.15) is 11.5 Å².